The molecule has 2 nitrogen and oxygen atoms in total. The molecule has 0 bridgehead atoms. The largest absolute Gasteiger partial charge is 0.336 e. The predicted molar refractivity (Wildman–Crippen MR) is 84.6 cm³/mol. The topological polar surface area (TPSA) is 20.3 Å². The highest BCUT2D eigenvalue weighted by Gasteiger charge is 2.17. The summed E-state index contributed by atoms with van der Waals surface area (Å²) in [6.07, 6.45) is 0. The molecule has 0 aliphatic carbocycles. The number of hydrogen-bond donors (Lipinski definition) is 0. The van der Waals surface area contributed by atoms with Crippen LogP contribution in [0.4, 0.5) is 0 Å². The lowest BCUT2D eigenvalue weighted by molar-refractivity contribution is 0.0791. The minimum absolute atomic E-state index is 0.0548. The Morgan fingerprint density at radius 3 is 2.67 bits per heavy atom. The molecule has 6 heteroatoms. The molecule has 0 fully saturated rings. The quantitative estimate of drug-likeness (QED) is 0.705. The zero-order chi connectivity index (χ0) is 13.3. The van der Waals surface area contributed by atoms with Gasteiger partial charge in [0.15, 0.2) is 0 Å². The second kappa shape index (κ2) is 5.86. The number of halogens is 2. The van der Waals surface area contributed by atoms with Crippen LogP contribution in [-0.2, 0) is 6.54 Å². The lowest BCUT2D eigenvalue weighted by Crippen LogP contribution is -2.25. The smallest absolute Gasteiger partial charge is 0.264 e. The van der Waals surface area contributed by atoms with E-state index in [1.165, 1.54) is 21.8 Å². The van der Waals surface area contributed by atoms with Crippen molar-refractivity contribution in [3.63, 3.8) is 0 Å². The maximum absolute atomic E-state index is 12.2. The van der Waals surface area contributed by atoms with E-state index in [2.05, 4.69) is 50.2 Å². The van der Waals surface area contributed by atoms with Gasteiger partial charge in [0.05, 0.1) is 15.2 Å². The van der Waals surface area contributed by atoms with Crippen LogP contribution in [0.15, 0.2) is 25.8 Å². The average molecular weight is 409 g/mol. The first-order valence-electron chi connectivity index (χ1n) is 5.22. The monoisotopic (exact) mass is 407 g/mol. The summed E-state index contributed by atoms with van der Waals surface area (Å²) in [7, 11) is 1.84. The van der Waals surface area contributed by atoms with E-state index in [1.807, 2.05) is 13.1 Å². The molecular formula is C12H11Br2NOS2. The van der Waals surface area contributed by atoms with Crippen LogP contribution in [0, 0.1) is 6.92 Å². The molecule has 0 atom stereocenters. The van der Waals surface area contributed by atoms with Crippen LogP contribution >= 0.6 is 54.5 Å². The molecular weight excluding hydrogens is 398 g/mol. The molecule has 1 amide bonds. The van der Waals surface area contributed by atoms with Gasteiger partial charge in [-0.05, 0) is 61.9 Å². The van der Waals surface area contributed by atoms with Crippen LogP contribution in [0.3, 0.4) is 0 Å². The maximum Gasteiger partial charge on any atom is 0.264 e. The van der Waals surface area contributed by atoms with Gasteiger partial charge in [-0.1, -0.05) is 0 Å². The van der Waals surface area contributed by atoms with Crippen LogP contribution in [0.2, 0.25) is 0 Å². The van der Waals surface area contributed by atoms with Crippen LogP contribution in [0.5, 0.6) is 0 Å². The van der Waals surface area contributed by atoms with E-state index in [0.29, 0.717) is 6.54 Å². The van der Waals surface area contributed by atoms with Crippen LogP contribution in [0.25, 0.3) is 0 Å². The number of carbonyl (C=O) groups is 1. The number of aryl methyl sites for hydroxylation is 1. The standard InChI is InChI=1S/C12H11Br2NOS2/c1-7-3-4-17-10(7)6-15(2)12(16)9-5-8(13)11(14)18-9/h3-5H,6H2,1-2H3. The Kier molecular flexibility index (Phi) is 4.64. The molecule has 0 saturated heterocycles. The fourth-order valence-corrected chi connectivity index (χ4v) is 4.48. The molecule has 0 radical (unpaired) electrons. The molecule has 18 heavy (non-hydrogen) atoms. The molecule has 0 saturated carbocycles. The van der Waals surface area contributed by atoms with Gasteiger partial charge in [-0.15, -0.1) is 22.7 Å². The summed E-state index contributed by atoms with van der Waals surface area (Å²) in [4.78, 5) is 16.0. The summed E-state index contributed by atoms with van der Waals surface area (Å²) in [6.45, 7) is 2.73. The van der Waals surface area contributed by atoms with E-state index in [4.69, 9.17) is 0 Å². The summed E-state index contributed by atoms with van der Waals surface area (Å²) in [5.41, 5.74) is 1.24. The third-order valence-corrected chi connectivity index (χ3v) is 6.80. The minimum atomic E-state index is 0.0548. The van der Waals surface area contributed by atoms with Crippen LogP contribution in [-0.4, -0.2) is 17.9 Å². The minimum Gasteiger partial charge on any atom is -0.336 e. The van der Waals surface area contributed by atoms with Crippen molar-refractivity contribution in [1.29, 1.82) is 0 Å². The average Bonchev–Trinajstić information content (AvgIpc) is 2.86. The molecule has 96 valence electrons. The van der Waals surface area contributed by atoms with E-state index >= 15 is 0 Å². The Hall–Kier alpha value is -0.170. The zero-order valence-corrected chi connectivity index (χ0v) is 14.7. The van der Waals surface area contributed by atoms with Gasteiger partial charge in [-0.3, -0.25) is 4.79 Å². The van der Waals surface area contributed by atoms with Crippen LogP contribution in [0.1, 0.15) is 20.1 Å². The van der Waals surface area contributed by atoms with Gasteiger partial charge in [0.1, 0.15) is 0 Å². The second-order valence-electron chi connectivity index (χ2n) is 3.92. The van der Waals surface area contributed by atoms with Crippen molar-refractivity contribution >= 4 is 60.4 Å². The lowest BCUT2D eigenvalue weighted by Gasteiger charge is -2.15. The highest BCUT2D eigenvalue weighted by Crippen LogP contribution is 2.33. The van der Waals surface area contributed by atoms with E-state index in [-0.39, 0.29) is 5.91 Å². The van der Waals surface area contributed by atoms with E-state index < -0.39 is 0 Å². The number of thiophene rings is 2. The Bertz CT molecular complexity index is 557. The molecule has 0 spiro atoms. The Balaban J connectivity index is 2.12. The van der Waals surface area contributed by atoms with Crippen molar-refractivity contribution in [2.75, 3.05) is 7.05 Å². The molecule has 2 heterocycles. The van der Waals surface area contributed by atoms with Gasteiger partial charge in [0, 0.05) is 16.4 Å². The van der Waals surface area contributed by atoms with Crippen molar-refractivity contribution in [1.82, 2.24) is 4.90 Å². The number of amides is 1. The van der Waals surface area contributed by atoms with E-state index in [9.17, 15) is 4.79 Å². The van der Waals surface area contributed by atoms with Crippen LogP contribution < -0.4 is 0 Å². The molecule has 2 rings (SSSR count). The highest BCUT2D eigenvalue weighted by molar-refractivity contribution is 9.13. The zero-order valence-electron chi connectivity index (χ0n) is 9.87. The molecule has 0 unspecified atom stereocenters. The predicted octanol–water partition coefficient (Wildman–Crippen LogP) is 4.92. The first-order chi connectivity index (χ1) is 8.49. The van der Waals surface area contributed by atoms with Gasteiger partial charge in [-0.25, -0.2) is 0 Å². The SMILES string of the molecule is Cc1ccsc1CN(C)C(=O)c1cc(Br)c(Br)s1. The maximum atomic E-state index is 12.2. The fraction of sp³-hybridized carbons (Fsp3) is 0.250. The first kappa shape index (κ1) is 14.2. The van der Waals surface area contributed by atoms with Crippen molar-refractivity contribution < 1.29 is 4.79 Å². The van der Waals surface area contributed by atoms with Crippen molar-refractivity contribution in [2.24, 2.45) is 0 Å². The molecule has 2 aromatic heterocycles. The summed E-state index contributed by atoms with van der Waals surface area (Å²) >= 11 is 9.95. The van der Waals surface area contributed by atoms with Gasteiger partial charge in [-0.2, -0.15) is 0 Å². The van der Waals surface area contributed by atoms with Crippen molar-refractivity contribution in [2.45, 2.75) is 13.5 Å². The Labute approximate surface area is 131 Å². The summed E-state index contributed by atoms with van der Waals surface area (Å²) in [5, 5.41) is 2.06. The van der Waals surface area contributed by atoms with E-state index in [0.717, 1.165) is 13.1 Å². The van der Waals surface area contributed by atoms with Gasteiger partial charge >= 0.3 is 0 Å². The molecule has 2 aromatic rings. The fourth-order valence-electron chi connectivity index (χ4n) is 1.49. The Morgan fingerprint density at radius 2 is 2.17 bits per heavy atom. The third-order valence-electron chi connectivity index (χ3n) is 2.55. The highest BCUT2D eigenvalue weighted by atomic mass is 79.9. The molecule has 0 aliphatic heterocycles. The Morgan fingerprint density at radius 1 is 1.44 bits per heavy atom. The summed E-state index contributed by atoms with van der Waals surface area (Å²) < 4.78 is 1.88. The summed E-state index contributed by atoms with van der Waals surface area (Å²) in [5.74, 6) is 0.0548. The molecule has 0 aromatic carbocycles. The lowest BCUT2D eigenvalue weighted by atomic mass is 10.3. The van der Waals surface area contributed by atoms with Gasteiger partial charge in [0.25, 0.3) is 5.91 Å². The number of carbonyl (C=O) groups excluding carboxylic acids is 1. The number of rotatable bonds is 3. The van der Waals surface area contributed by atoms with Crippen molar-refractivity contribution in [3.8, 4) is 0 Å². The van der Waals surface area contributed by atoms with Crippen molar-refractivity contribution in [3.05, 3.63) is 41.1 Å². The van der Waals surface area contributed by atoms with Gasteiger partial charge in [0.2, 0.25) is 0 Å². The number of nitrogens with zero attached hydrogens (tertiary/aromatic N) is 1. The first-order valence-corrected chi connectivity index (χ1v) is 8.50. The van der Waals surface area contributed by atoms with E-state index in [1.54, 1.807) is 16.2 Å². The molecule has 0 aliphatic rings. The summed E-state index contributed by atoms with van der Waals surface area (Å²) in [6, 6.07) is 3.94. The normalized spacial score (nSPS) is 10.7. The second-order valence-corrected chi connectivity index (χ2v) is 8.15. The third kappa shape index (κ3) is 3.04. The molecule has 0 N–H and O–H groups in total. The number of hydrogen-bond acceptors (Lipinski definition) is 3. The van der Waals surface area contributed by atoms with Gasteiger partial charge < -0.3 is 4.90 Å².